The lowest BCUT2D eigenvalue weighted by Gasteiger charge is -2.15. The second kappa shape index (κ2) is 7.45. The number of ether oxygens (including phenoxy) is 1. The van der Waals surface area contributed by atoms with Crippen molar-refractivity contribution < 1.29 is 9.53 Å². The van der Waals surface area contributed by atoms with Gasteiger partial charge in [0.05, 0.1) is 6.61 Å². The van der Waals surface area contributed by atoms with Crippen LogP contribution in [0.15, 0.2) is 28.7 Å². The van der Waals surface area contributed by atoms with Crippen LogP contribution in [0.25, 0.3) is 0 Å². The molecule has 1 rings (SSSR count). The second-order valence-corrected chi connectivity index (χ2v) is 4.64. The Morgan fingerprint density at radius 1 is 1.47 bits per heavy atom. The van der Waals surface area contributed by atoms with Gasteiger partial charge in [0.15, 0.2) is 0 Å². The highest BCUT2D eigenvalue weighted by Crippen LogP contribution is 2.11. The summed E-state index contributed by atoms with van der Waals surface area (Å²) in [5.74, 6) is -0.176. The van der Waals surface area contributed by atoms with Gasteiger partial charge in [-0.1, -0.05) is 35.0 Å². The number of carbonyl (C=O) groups excluding carboxylic acids is 1. The largest absolute Gasteiger partial charge is 0.465 e. The number of rotatable bonds is 6. The topological polar surface area (TPSA) is 38.3 Å². The molecular weight excluding hydrogens is 282 g/mol. The number of esters is 1. The van der Waals surface area contributed by atoms with Gasteiger partial charge in [0.2, 0.25) is 0 Å². The zero-order chi connectivity index (χ0) is 12.7. The van der Waals surface area contributed by atoms with E-state index in [1.54, 1.807) is 0 Å². The lowest BCUT2D eigenvalue weighted by atomic mass is 10.2. The van der Waals surface area contributed by atoms with E-state index in [2.05, 4.69) is 21.2 Å². The van der Waals surface area contributed by atoms with Gasteiger partial charge in [-0.3, -0.25) is 4.79 Å². The Morgan fingerprint density at radius 3 is 2.82 bits per heavy atom. The summed E-state index contributed by atoms with van der Waals surface area (Å²) in [4.78, 5) is 11.6. The maximum atomic E-state index is 11.6. The Hall–Kier alpha value is -0.870. The molecule has 0 spiro atoms. The number of halogens is 1. The lowest BCUT2D eigenvalue weighted by molar-refractivity contribution is -0.145. The molecule has 0 saturated carbocycles. The molecule has 0 aromatic heterocycles. The Kier molecular flexibility index (Phi) is 6.22. The summed E-state index contributed by atoms with van der Waals surface area (Å²) in [7, 11) is 0. The van der Waals surface area contributed by atoms with E-state index in [0.717, 1.165) is 16.5 Å². The van der Waals surface area contributed by atoms with Crippen LogP contribution in [-0.2, 0) is 16.1 Å². The molecule has 1 N–H and O–H groups in total. The molecule has 0 fully saturated rings. The van der Waals surface area contributed by atoms with Gasteiger partial charge in [-0.15, -0.1) is 0 Å². The van der Waals surface area contributed by atoms with Crippen molar-refractivity contribution in [2.75, 3.05) is 6.61 Å². The lowest BCUT2D eigenvalue weighted by Crippen LogP contribution is -2.37. The number of hydrogen-bond donors (Lipinski definition) is 1. The van der Waals surface area contributed by atoms with Crippen molar-refractivity contribution in [1.29, 1.82) is 0 Å². The average Bonchev–Trinajstić information content (AvgIpc) is 2.30. The van der Waals surface area contributed by atoms with Crippen molar-refractivity contribution in [3.05, 3.63) is 34.3 Å². The van der Waals surface area contributed by atoms with Crippen LogP contribution in [0.4, 0.5) is 0 Å². The van der Waals surface area contributed by atoms with Gasteiger partial charge in [-0.25, -0.2) is 0 Å². The highest BCUT2D eigenvalue weighted by molar-refractivity contribution is 9.10. The molecule has 0 radical (unpaired) electrons. The fraction of sp³-hybridized carbons (Fsp3) is 0.462. The minimum atomic E-state index is -0.228. The monoisotopic (exact) mass is 299 g/mol. The van der Waals surface area contributed by atoms with Crippen molar-refractivity contribution >= 4 is 21.9 Å². The molecule has 0 saturated heterocycles. The van der Waals surface area contributed by atoms with Gasteiger partial charge >= 0.3 is 5.97 Å². The van der Waals surface area contributed by atoms with Gasteiger partial charge in [-0.2, -0.15) is 0 Å². The summed E-state index contributed by atoms with van der Waals surface area (Å²) < 4.78 is 6.04. The minimum Gasteiger partial charge on any atom is -0.465 e. The fourth-order valence-electron chi connectivity index (χ4n) is 1.53. The first-order chi connectivity index (χ1) is 8.17. The zero-order valence-electron chi connectivity index (χ0n) is 10.2. The van der Waals surface area contributed by atoms with Crippen LogP contribution in [0, 0.1) is 0 Å². The van der Waals surface area contributed by atoms with E-state index in [4.69, 9.17) is 4.74 Å². The van der Waals surface area contributed by atoms with E-state index in [0.29, 0.717) is 13.2 Å². The van der Waals surface area contributed by atoms with Gasteiger partial charge in [0.1, 0.15) is 6.04 Å². The quantitative estimate of drug-likeness (QED) is 0.821. The molecule has 3 nitrogen and oxygen atoms in total. The molecule has 94 valence electrons. The van der Waals surface area contributed by atoms with Gasteiger partial charge in [-0.05, 0) is 31.0 Å². The third-order valence-electron chi connectivity index (χ3n) is 2.42. The highest BCUT2D eigenvalue weighted by Gasteiger charge is 2.16. The standard InChI is InChI=1S/C13H18BrNO2/c1-3-12(13(16)17-4-2)15-9-10-6-5-7-11(14)8-10/h5-8,12,15H,3-4,9H2,1-2H3. The fourth-order valence-corrected chi connectivity index (χ4v) is 1.97. The SMILES string of the molecule is CCOC(=O)C(CC)NCc1cccc(Br)c1. The van der Waals surface area contributed by atoms with E-state index in [9.17, 15) is 4.79 Å². The summed E-state index contributed by atoms with van der Waals surface area (Å²) >= 11 is 3.42. The van der Waals surface area contributed by atoms with Crippen LogP contribution < -0.4 is 5.32 Å². The van der Waals surface area contributed by atoms with Crippen LogP contribution >= 0.6 is 15.9 Å². The van der Waals surface area contributed by atoms with Crippen molar-refractivity contribution in [3.8, 4) is 0 Å². The van der Waals surface area contributed by atoms with Crippen LogP contribution in [0.5, 0.6) is 0 Å². The summed E-state index contributed by atoms with van der Waals surface area (Å²) in [6.45, 7) is 4.87. The number of nitrogens with one attached hydrogen (secondary N) is 1. The summed E-state index contributed by atoms with van der Waals surface area (Å²) in [6, 6.07) is 7.79. The van der Waals surface area contributed by atoms with Crippen molar-refractivity contribution in [2.24, 2.45) is 0 Å². The predicted octanol–water partition coefficient (Wildman–Crippen LogP) is 2.88. The van der Waals surface area contributed by atoms with Crippen LogP contribution in [-0.4, -0.2) is 18.6 Å². The third kappa shape index (κ3) is 4.88. The Bertz CT molecular complexity index is 368. The predicted molar refractivity (Wildman–Crippen MR) is 71.7 cm³/mol. The highest BCUT2D eigenvalue weighted by atomic mass is 79.9. The average molecular weight is 300 g/mol. The van der Waals surface area contributed by atoms with Crippen molar-refractivity contribution in [1.82, 2.24) is 5.32 Å². The number of carbonyl (C=O) groups is 1. The van der Waals surface area contributed by atoms with Gasteiger partial charge < -0.3 is 10.1 Å². The first kappa shape index (κ1) is 14.2. The molecule has 0 aliphatic carbocycles. The Balaban J connectivity index is 2.50. The molecule has 1 aromatic rings. The minimum absolute atomic E-state index is 0.176. The summed E-state index contributed by atoms with van der Waals surface area (Å²) in [6.07, 6.45) is 0.729. The molecule has 1 aromatic carbocycles. The van der Waals surface area contributed by atoms with Gasteiger partial charge in [0.25, 0.3) is 0 Å². The van der Waals surface area contributed by atoms with E-state index in [1.165, 1.54) is 0 Å². The van der Waals surface area contributed by atoms with Crippen molar-refractivity contribution in [2.45, 2.75) is 32.9 Å². The molecule has 0 aliphatic rings. The van der Waals surface area contributed by atoms with E-state index in [1.807, 2.05) is 38.1 Å². The zero-order valence-corrected chi connectivity index (χ0v) is 11.8. The molecule has 1 unspecified atom stereocenters. The van der Waals surface area contributed by atoms with E-state index in [-0.39, 0.29) is 12.0 Å². The summed E-state index contributed by atoms with van der Waals surface area (Å²) in [5.41, 5.74) is 1.14. The Morgan fingerprint density at radius 2 is 2.24 bits per heavy atom. The molecule has 17 heavy (non-hydrogen) atoms. The maximum Gasteiger partial charge on any atom is 0.323 e. The van der Waals surface area contributed by atoms with E-state index < -0.39 is 0 Å². The maximum absolute atomic E-state index is 11.6. The first-order valence-corrected chi connectivity index (χ1v) is 6.61. The van der Waals surface area contributed by atoms with Crippen LogP contribution in [0.2, 0.25) is 0 Å². The molecule has 0 aliphatic heterocycles. The molecular formula is C13H18BrNO2. The second-order valence-electron chi connectivity index (χ2n) is 3.72. The van der Waals surface area contributed by atoms with Crippen LogP contribution in [0.3, 0.4) is 0 Å². The van der Waals surface area contributed by atoms with Gasteiger partial charge in [0, 0.05) is 11.0 Å². The molecule has 0 heterocycles. The molecule has 0 bridgehead atoms. The van der Waals surface area contributed by atoms with Crippen LogP contribution in [0.1, 0.15) is 25.8 Å². The third-order valence-corrected chi connectivity index (χ3v) is 2.91. The van der Waals surface area contributed by atoms with Crippen molar-refractivity contribution in [3.63, 3.8) is 0 Å². The smallest absolute Gasteiger partial charge is 0.323 e. The molecule has 1 atom stereocenters. The Labute approximate surface area is 111 Å². The summed E-state index contributed by atoms with van der Waals surface area (Å²) in [5, 5.41) is 3.20. The van der Waals surface area contributed by atoms with E-state index >= 15 is 0 Å². The molecule has 0 amide bonds. The number of hydrogen-bond acceptors (Lipinski definition) is 3. The molecule has 4 heteroatoms. The number of benzene rings is 1. The normalized spacial score (nSPS) is 12.2. The first-order valence-electron chi connectivity index (χ1n) is 5.81.